The Morgan fingerprint density at radius 3 is 2.71 bits per heavy atom. The maximum atomic E-state index is 12.6. The third kappa shape index (κ3) is 4.32. The zero-order chi connectivity index (χ0) is 20.1. The number of aromatic nitrogens is 4. The van der Waals surface area contributed by atoms with Crippen LogP contribution in [0.2, 0.25) is 5.02 Å². The molecule has 0 saturated carbocycles. The second-order valence-corrected chi connectivity index (χ2v) is 7.56. The van der Waals surface area contributed by atoms with Gasteiger partial charge in [-0.1, -0.05) is 23.4 Å². The number of benzene rings is 1. The van der Waals surface area contributed by atoms with Crippen LogP contribution in [0.5, 0.6) is 0 Å². The molecule has 0 radical (unpaired) electrons. The molecule has 2 heterocycles. The summed E-state index contributed by atoms with van der Waals surface area (Å²) in [6.45, 7) is 4.47. The first kappa shape index (κ1) is 19.9. The SMILES string of the molecule is CCn1c(S[C@H](C)C(=O)Nc2ccc(C#N)c(Cl)c2)nnc1-c1ccncc1. The summed E-state index contributed by atoms with van der Waals surface area (Å²) in [6.07, 6.45) is 3.41. The topological polar surface area (TPSA) is 96.5 Å². The van der Waals surface area contributed by atoms with Gasteiger partial charge in [0.05, 0.1) is 15.8 Å². The lowest BCUT2D eigenvalue weighted by atomic mass is 10.2. The fourth-order valence-corrected chi connectivity index (χ4v) is 3.65. The van der Waals surface area contributed by atoms with Crippen LogP contribution in [0.4, 0.5) is 5.69 Å². The number of carbonyl (C=O) groups excluding carboxylic acids is 1. The minimum absolute atomic E-state index is 0.193. The highest BCUT2D eigenvalue weighted by molar-refractivity contribution is 8.00. The number of hydrogen-bond acceptors (Lipinski definition) is 6. The molecule has 0 spiro atoms. The fourth-order valence-electron chi connectivity index (χ4n) is 2.51. The van der Waals surface area contributed by atoms with E-state index in [4.69, 9.17) is 16.9 Å². The van der Waals surface area contributed by atoms with Crippen LogP contribution in [0, 0.1) is 11.3 Å². The summed E-state index contributed by atoms with van der Waals surface area (Å²) in [5.41, 5.74) is 1.82. The first-order valence-electron chi connectivity index (χ1n) is 8.54. The van der Waals surface area contributed by atoms with E-state index in [0.29, 0.717) is 28.0 Å². The highest BCUT2D eigenvalue weighted by atomic mass is 35.5. The van der Waals surface area contributed by atoms with Crippen LogP contribution in [0.1, 0.15) is 19.4 Å². The molecule has 1 aromatic carbocycles. The van der Waals surface area contributed by atoms with Gasteiger partial charge in [0, 0.05) is 30.2 Å². The van der Waals surface area contributed by atoms with Gasteiger partial charge in [0.15, 0.2) is 11.0 Å². The normalized spacial score (nSPS) is 11.6. The number of rotatable bonds is 6. The van der Waals surface area contributed by atoms with Gasteiger partial charge in [0.1, 0.15) is 6.07 Å². The maximum absolute atomic E-state index is 12.6. The molecule has 7 nitrogen and oxygen atoms in total. The number of nitrogens with one attached hydrogen (secondary N) is 1. The molecule has 3 rings (SSSR count). The van der Waals surface area contributed by atoms with Crippen molar-refractivity contribution in [3.8, 4) is 17.5 Å². The number of anilines is 1. The zero-order valence-electron chi connectivity index (χ0n) is 15.3. The quantitative estimate of drug-likeness (QED) is 0.614. The average Bonchev–Trinajstić information content (AvgIpc) is 3.11. The molecule has 0 fully saturated rings. The molecule has 0 aliphatic rings. The Kier molecular flexibility index (Phi) is 6.29. The fraction of sp³-hybridized carbons (Fsp3) is 0.211. The monoisotopic (exact) mass is 412 g/mol. The Balaban J connectivity index is 1.73. The van der Waals surface area contributed by atoms with Crippen molar-refractivity contribution < 1.29 is 4.79 Å². The van der Waals surface area contributed by atoms with Gasteiger partial charge in [-0.3, -0.25) is 9.78 Å². The minimum Gasteiger partial charge on any atom is -0.325 e. The lowest BCUT2D eigenvalue weighted by Gasteiger charge is -2.13. The molecule has 0 aliphatic heterocycles. The van der Waals surface area contributed by atoms with Gasteiger partial charge in [0.25, 0.3) is 0 Å². The molecular weight excluding hydrogens is 396 g/mol. The van der Waals surface area contributed by atoms with Crippen LogP contribution in [-0.4, -0.2) is 30.9 Å². The molecule has 9 heteroatoms. The molecule has 142 valence electrons. The minimum atomic E-state index is -0.408. The van der Waals surface area contributed by atoms with Gasteiger partial charge in [-0.15, -0.1) is 10.2 Å². The molecule has 1 atom stereocenters. The van der Waals surface area contributed by atoms with E-state index in [1.165, 1.54) is 11.8 Å². The van der Waals surface area contributed by atoms with Gasteiger partial charge in [-0.25, -0.2) is 0 Å². The molecule has 0 saturated heterocycles. The zero-order valence-corrected chi connectivity index (χ0v) is 16.8. The average molecular weight is 413 g/mol. The van der Waals surface area contributed by atoms with Gasteiger partial charge in [0.2, 0.25) is 5.91 Å². The number of thioether (sulfide) groups is 1. The van der Waals surface area contributed by atoms with Crippen molar-refractivity contribution in [3.05, 3.63) is 53.3 Å². The van der Waals surface area contributed by atoms with Crippen LogP contribution in [0.15, 0.2) is 47.9 Å². The number of pyridine rings is 1. The molecule has 1 N–H and O–H groups in total. The number of amides is 1. The largest absolute Gasteiger partial charge is 0.325 e. The molecule has 3 aromatic rings. The number of nitrogens with zero attached hydrogens (tertiary/aromatic N) is 5. The summed E-state index contributed by atoms with van der Waals surface area (Å²) in [4.78, 5) is 16.6. The second kappa shape index (κ2) is 8.87. The summed E-state index contributed by atoms with van der Waals surface area (Å²) in [6, 6.07) is 10.5. The summed E-state index contributed by atoms with van der Waals surface area (Å²) in [7, 11) is 0. The summed E-state index contributed by atoms with van der Waals surface area (Å²) < 4.78 is 1.96. The van der Waals surface area contributed by atoms with E-state index in [2.05, 4.69) is 20.5 Å². The van der Waals surface area contributed by atoms with E-state index in [0.717, 1.165) is 11.4 Å². The van der Waals surface area contributed by atoms with Gasteiger partial charge in [-0.05, 0) is 44.2 Å². The maximum Gasteiger partial charge on any atom is 0.237 e. The predicted octanol–water partition coefficient (Wildman–Crippen LogP) is 4.00. The Labute approximate surface area is 171 Å². The third-order valence-electron chi connectivity index (χ3n) is 3.98. The molecule has 0 aliphatic carbocycles. The van der Waals surface area contributed by atoms with Crippen molar-refractivity contribution in [2.75, 3.05) is 5.32 Å². The Morgan fingerprint density at radius 1 is 1.32 bits per heavy atom. The highest BCUT2D eigenvalue weighted by Gasteiger charge is 2.20. The number of hydrogen-bond donors (Lipinski definition) is 1. The van der Waals surface area contributed by atoms with Gasteiger partial charge >= 0.3 is 0 Å². The lowest BCUT2D eigenvalue weighted by molar-refractivity contribution is -0.115. The first-order valence-corrected chi connectivity index (χ1v) is 9.80. The number of nitriles is 1. The van der Waals surface area contributed by atoms with Crippen LogP contribution in [-0.2, 0) is 11.3 Å². The standard InChI is InChI=1S/C19H17ClN6OS/c1-3-26-17(13-6-8-22-9-7-13)24-25-19(26)28-12(2)18(27)23-15-5-4-14(11-21)16(20)10-15/h4-10,12H,3H2,1-2H3,(H,23,27)/t12-/m1/s1. The van der Waals surface area contributed by atoms with Crippen molar-refractivity contribution in [1.82, 2.24) is 19.7 Å². The van der Waals surface area contributed by atoms with Gasteiger partial charge < -0.3 is 9.88 Å². The first-order chi connectivity index (χ1) is 13.5. The molecule has 1 amide bonds. The number of carbonyl (C=O) groups is 1. The second-order valence-electron chi connectivity index (χ2n) is 5.84. The van der Waals surface area contributed by atoms with E-state index in [1.807, 2.05) is 29.7 Å². The van der Waals surface area contributed by atoms with Crippen LogP contribution >= 0.6 is 23.4 Å². The van der Waals surface area contributed by atoms with Crippen LogP contribution in [0.3, 0.4) is 0 Å². The molecular formula is C19H17ClN6OS. The van der Waals surface area contributed by atoms with E-state index < -0.39 is 5.25 Å². The predicted molar refractivity (Wildman–Crippen MR) is 109 cm³/mol. The van der Waals surface area contributed by atoms with Crippen LogP contribution in [0.25, 0.3) is 11.4 Å². The van der Waals surface area contributed by atoms with Crippen molar-refractivity contribution in [3.63, 3.8) is 0 Å². The highest BCUT2D eigenvalue weighted by Crippen LogP contribution is 2.27. The van der Waals surface area contributed by atoms with E-state index in [-0.39, 0.29) is 5.91 Å². The third-order valence-corrected chi connectivity index (χ3v) is 5.37. The molecule has 28 heavy (non-hydrogen) atoms. The summed E-state index contributed by atoms with van der Waals surface area (Å²) in [5, 5.41) is 20.8. The van der Waals surface area contributed by atoms with Crippen molar-refractivity contribution in [2.45, 2.75) is 30.8 Å². The molecule has 2 aromatic heterocycles. The van der Waals surface area contributed by atoms with E-state index >= 15 is 0 Å². The summed E-state index contributed by atoms with van der Waals surface area (Å²) in [5.74, 6) is 0.542. The lowest BCUT2D eigenvalue weighted by Crippen LogP contribution is -2.23. The van der Waals surface area contributed by atoms with E-state index in [1.54, 1.807) is 37.5 Å². The van der Waals surface area contributed by atoms with E-state index in [9.17, 15) is 4.79 Å². The van der Waals surface area contributed by atoms with Gasteiger partial charge in [-0.2, -0.15) is 5.26 Å². The number of halogens is 1. The Hall–Kier alpha value is -2.89. The summed E-state index contributed by atoms with van der Waals surface area (Å²) >= 11 is 7.34. The molecule has 0 bridgehead atoms. The molecule has 0 unspecified atom stereocenters. The van der Waals surface area contributed by atoms with Crippen molar-refractivity contribution >= 4 is 35.0 Å². The smallest absolute Gasteiger partial charge is 0.237 e. The Bertz CT molecular complexity index is 1030. The Morgan fingerprint density at radius 2 is 2.07 bits per heavy atom. The van der Waals surface area contributed by atoms with Crippen molar-refractivity contribution in [2.24, 2.45) is 0 Å². The van der Waals surface area contributed by atoms with Crippen LogP contribution < -0.4 is 5.32 Å². The van der Waals surface area contributed by atoms with Crippen molar-refractivity contribution in [1.29, 1.82) is 5.26 Å².